The van der Waals surface area contributed by atoms with Crippen LogP contribution in [0, 0.1) is 0 Å². The van der Waals surface area contributed by atoms with Crippen LogP contribution in [0.15, 0.2) is 16.6 Å². The highest BCUT2D eigenvalue weighted by Gasteiger charge is 2.32. The summed E-state index contributed by atoms with van der Waals surface area (Å²) in [5.41, 5.74) is 0.174. The van der Waals surface area contributed by atoms with Gasteiger partial charge in [-0.15, -0.1) is 0 Å². The third-order valence-electron chi connectivity index (χ3n) is 2.02. The summed E-state index contributed by atoms with van der Waals surface area (Å²) in [6, 6.07) is 2.75. The molecule has 0 aromatic heterocycles. The normalized spacial score (nSPS) is 19.1. The lowest BCUT2D eigenvalue weighted by Gasteiger charge is -2.26. The summed E-state index contributed by atoms with van der Waals surface area (Å²) < 4.78 is 30.2. The van der Waals surface area contributed by atoms with E-state index in [1.807, 2.05) is 5.32 Å². The summed E-state index contributed by atoms with van der Waals surface area (Å²) in [5, 5.41) is 2.34. The number of halogens is 4. The SMILES string of the molecule is O=C1NC(C(F)F)Oc2cc(Cl)c(Br)cc21. The molecule has 3 nitrogen and oxygen atoms in total. The van der Waals surface area contributed by atoms with Crippen LogP contribution < -0.4 is 10.1 Å². The Kier molecular flexibility index (Phi) is 3.03. The molecular weight excluding hydrogens is 307 g/mol. The van der Waals surface area contributed by atoms with Crippen LogP contribution in [0.5, 0.6) is 5.75 Å². The Morgan fingerprint density at radius 1 is 1.50 bits per heavy atom. The molecular formula is C9H5BrClF2NO2. The predicted molar refractivity (Wildman–Crippen MR) is 57.0 cm³/mol. The molecule has 0 bridgehead atoms. The van der Waals surface area contributed by atoms with Crippen LogP contribution in [0.25, 0.3) is 0 Å². The topological polar surface area (TPSA) is 38.3 Å². The van der Waals surface area contributed by atoms with Gasteiger partial charge in [0.25, 0.3) is 12.3 Å². The van der Waals surface area contributed by atoms with Crippen molar-refractivity contribution >= 4 is 33.4 Å². The molecule has 0 saturated heterocycles. The van der Waals surface area contributed by atoms with Crippen molar-refractivity contribution in [3.05, 3.63) is 27.2 Å². The highest BCUT2D eigenvalue weighted by atomic mass is 79.9. The number of hydrogen-bond donors (Lipinski definition) is 1. The molecule has 1 aromatic rings. The van der Waals surface area contributed by atoms with E-state index in [1.54, 1.807) is 0 Å². The lowest BCUT2D eigenvalue weighted by atomic mass is 10.1. The molecule has 1 aliphatic heterocycles. The number of rotatable bonds is 1. The third kappa shape index (κ3) is 1.99. The zero-order chi connectivity index (χ0) is 11.9. The molecule has 1 N–H and O–H groups in total. The standard InChI is InChI=1S/C9H5BrClF2NO2/c10-4-1-3-6(2-5(4)11)16-9(7(12)13)14-8(3)15/h1-2,7,9H,(H,14,15). The Morgan fingerprint density at radius 3 is 2.81 bits per heavy atom. The Labute approximate surface area is 103 Å². The first-order chi connectivity index (χ1) is 7.49. The molecule has 0 aliphatic carbocycles. The van der Waals surface area contributed by atoms with Gasteiger partial charge in [-0.3, -0.25) is 4.79 Å². The second-order valence-electron chi connectivity index (χ2n) is 3.11. The van der Waals surface area contributed by atoms with Crippen LogP contribution in [-0.4, -0.2) is 18.6 Å². The summed E-state index contributed by atoms with van der Waals surface area (Å²) in [6.07, 6.45) is -4.42. The zero-order valence-corrected chi connectivity index (χ0v) is 9.98. The smallest absolute Gasteiger partial charge is 0.293 e. The second-order valence-corrected chi connectivity index (χ2v) is 4.37. The molecule has 7 heteroatoms. The minimum atomic E-state index is -2.79. The van der Waals surface area contributed by atoms with Crippen LogP contribution in [0.1, 0.15) is 10.4 Å². The van der Waals surface area contributed by atoms with Gasteiger partial charge in [-0.2, -0.15) is 0 Å². The van der Waals surface area contributed by atoms with Gasteiger partial charge in [0.2, 0.25) is 6.23 Å². The number of amides is 1. The number of nitrogens with one attached hydrogen (secondary N) is 1. The monoisotopic (exact) mass is 311 g/mol. The van der Waals surface area contributed by atoms with Gasteiger partial charge in [-0.1, -0.05) is 11.6 Å². The van der Waals surface area contributed by atoms with Crippen LogP contribution in [0.2, 0.25) is 5.02 Å². The van der Waals surface area contributed by atoms with Gasteiger partial charge in [0, 0.05) is 10.5 Å². The van der Waals surface area contributed by atoms with Crippen molar-refractivity contribution in [1.29, 1.82) is 0 Å². The molecule has 0 fully saturated rings. The summed E-state index contributed by atoms with van der Waals surface area (Å²) in [4.78, 5) is 11.5. The van der Waals surface area contributed by atoms with E-state index in [0.717, 1.165) is 0 Å². The average molecular weight is 312 g/mol. The minimum absolute atomic E-state index is 0.0576. The maximum absolute atomic E-state index is 12.4. The number of hydrogen-bond acceptors (Lipinski definition) is 2. The van der Waals surface area contributed by atoms with Gasteiger partial charge >= 0.3 is 0 Å². The van der Waals surface area contributed by atoms with E-state index in [4.69, 9.17) is 16.3 Å². The first kappa shape index (κ1) is 11.6. The highest BCUT2D eigenvalue weighted by molar-refractivity contribution is 9.10. The Bertz CT molecular complexity index is 455. The van der Waals surface area contributed by atoms with Crippen molar-refractivity contribution in [2.24, 2.45) is 0 Å². The van der Waals surface area contributed by atoms with Gasteiger partial charge < -0.3 is 10.1 Å². The quantitative estimate of drug-likeness (QED) is 0.866. The van der Waals surface area contributed by atoms with E-state index < -0.39 is 18.6 Å². The molecule has 1 heterocycles. The number of carbonyl (C=O) groups is 1. The van der Waals surface area contributed by atoms with Gasteiger partial charge in [-0.05, 0) is 22.0 Å². The fraction of sp³-hybridized carbons (Fsp3) is 0.222. The lowest BCUT2D eigenvalue weighted by molar-refractivity contribution is -0.0117. The maximum Gasteiger partial charge on any atom is 0.293 e. The molecule has 2 rings (SSSR count). The van der Waals surface area contributed by atoms with Crippen molar-refractivity contribution in [1.82, 2.24) is 5.32 Å². The van der Waals surface area contributed by atoms with E-state index in [0.29, 0.717) is 9.50 Å². The van der Waals surface area contributed by atoms with Crippen molar-refractivity contribution < 1.29 is 18.3 Å². The molecule has 1 aromatic carbocycles. The van der Waals surface area contributed by atoms with Crippen molar-refractivity contribution in [2.45, 2.75) is 12.7 Å². The average Bonchev–Trinajstić information content (AvgIpc) is 2.20. The second kappa shape index (κ2) is 4.18. The molecule has 1 unspecified atom stereocenters. The van der Waals surface area contributed by atoms with E-state index in [2.05, 4.69) is 15.9 Å². The fourth-order valence-corrected chi connectivity index (χ4v) is 1.79. The van der Waals surface area contributed by atoms with Gasteiger partial charge in [0.15, 0.2) is 0 Å². The van der Waals surface area contributed by atoms with Crippen molar-refractivity contribution in [2.75, 3.05) is 0 Å². The predicted octanol–water partition coefficient (Wildman–Crippen LogP) is 2.82. The van der Waals surface area contributed by atoms with Crippen LogP contribution in [0.3, 0.4) is 0 Å². The van der Waals surface area contributed by atoms with E-state index in [1.165, 1.54) is 12.1 Å². The summed E-state index contributed by atoms with van der Waals surface area (Å²) in [7, 11) is 0. The number of carbonyl (C=O) groups excluding carboxylic acids is 1. The van der Waals surface area contributed by atoms with Crippen LogP contribution >= 0.6 is 27.5 Å². The first-order valence-corrected chi connectivity index (χ1v) is 5.41. The Balaban J connectivity index is 2.43. The Morgan fingerprint density at radius 2 is 2.19 bits per heavy atom. The number of benzene rings is 1. The molecule has 1 amide bonds. The number of alkyl halides is 2. The summed E-state index contributed by atoms with van der Waals surface area (Å²) in [6.45, 7) is 0. The lowest BCUT2D eigenvalue weighted by Crippen LogP contribution is -2.47. The molecule has 16 heavy (non-hydrogen) atoms. The molecule has 0 spiro atoms. The summed E-state index contributed by atoms with van der Waals surface area (Å²) >= 11 is 8.90. The van der Waals surface area contributed by atoms with Gasteiger partial charge in [-0.25, -0.2) is 8.78 Å². The number of ether oxygens (including phenoxy) is 1. The van der Waals surface area contributed by atoms with Gasteiger partial charge in [0.1, 0.15) is 5.75 Å². The largest absolute Gasteiger partial charge is 0.464 e. The summed E-state index contributed by atoms with van der Waals surface area (Å²) in [5.74, 6) is -0.550. The third-order valence-corrected chi connectivity index (χ3v) is 3.22. The van der Waals surface area contributed by atoms with Crippen molar-refractivity contribution in [3.8, 4) is 5.75 Å². The maximum atomic E-state index is 12.4. The molecule has 1 atom stereocenters. The molecule has 0 saturated carbocycles. The number of fused-ring (bicyclic) bond motifs is 1. The Hall–Kier alpha value is -0.880. The molecule has 1 aliphatic rings. The first-order valence-electron chi connectivity index (χ1n) is 4.24. The van der Waals surface area contributed by atoms with Crippen LogP contribution in [0.4, 0.5) is 8.78 Å². The van der Waals surface area contributed by atoms with Crippen molar-refractivity contribution in [3.63, 3.8) is 0 Å². The van der Waals surface area contributed by atoms with E-state index in [-0.39, 0.29) is 11.3 Å². The van der Waals surface area contributed by atoms with Crippen LogP contribution in [-0.2, 0) is 0 Å². The fourth-order valence-electron chi connectivity index (χ4n) is 1.29. The van der Waals surface area contributed by atoms with Gasteiger partial charge in [0.05, 0.1) is 10.6 Å². The molecule has 86 valence electrons. The minimum Gasteiger partial charge on any atom is -0.464 e. The zero-order valence-electron chi connectivity index (χ0n) is 7.64. The van der Waals surface area contributed by atoms with E-state index in [9.17, 15) is 13.6 Å². The molecule has 0 radical (unpaired) electrons. The van der Waals surface area contributed by atoms with E-state index >= 15 is 0 Å². The highest BCUT2D eigenvalue weighted by Crippen LogP contribution is 2.33.